The molecule has 170 valence electrons. The van der Waals surface area contributed by atoms with Gasteiger partial charge in [-0.3, -0.25) is 9.59 Å². The van der Waals surface area contributed by atoms with E-state index < -0.39 is 0 Å². The van der Waals surface area contributed by atoms with E-state index in [1.165, 1.54) is 18.3 Å². The molecule has 33 heavy (non-hydrogen) atoms. The summed E-state index contributed by atoms with van der Waals surface area (Å²) in [5.74, 6) is 0.0758. The zero-order valence-electron chi connectivity index (χ0n) is 18.6. The minimum atomic E-state index is -0.315. The normalized spacial score (nSPS) is 15.5. The van der Waals surface area contributed by atoms with E-state index in [9.17, 15) is 14.0 Å². The van der Waals surface area contributed by atoms with Crippen molar-refractivity contribution in [2.75, 3.05) is 6.54 Å². The second-order valence-corrected chi connectivity index (χ2v) is 8.27. The number of carbonyl (C=O) groups excluding carboxylic acids is 2. The van der Waals surface area contributed by atoms with Gasteiger partial charge in [-0.05, 0) is 49.4 Å². The number of halogens is 1. The van der Waals surface area contributed by atoms with Gasteiger partial charge < -0.3 is 10.2 Å². The van der Waals surface area contributed by atoms with E-state index in [0.29, 0.717) is 36.5 Å². The van der Waals surface area contributed by atoms with Crippen molar-refractivity contribution in [1.82, 2.24) is 20.2 Å². The molecule has 0 radical (unpaired) electrons. The lowest BCUT2D eigenvalue weighted by Crippen LogP contribution is -2.32. The van der Waals surface area contributed by atoms with E-state index >= 15 is 0 Å². The third-order valence-corrected chi connectivity index (χ3v) is 5.95. The molecule has 1 aromatic heterocycles. The van der Waals surface area contributed by atoms with Crippen LogP contribution in [0.1, 0.15) is 58.3 Å². The van der Waals surface area contributed by atoms with Gasteiger partial charge in [0.1, 0.15) is 5.82 Å². The van der Waals surface area contributed by atoms with Crippen molar-refractivity contribution in [3.05, 3.63) is 94.8 Å². The number of hydrogen-bond donors (Lipinski definition) is 1. The number of carbonyl (C=O) groups is 2. The Morgan fingerprint density at radius 3 is 2.58 bits per heavy atom. The van der Waals surface area contributed by atoms with Gasteiger partial charge in [0.05, 0.1) is 17.3 Å². The maximum absolute atomic E-state index is 13.0. The fourth-order valence-electron chi connectivity index (χ4n) is 4.12. The van der Waals surface area contributed by atoms with E-state index in [4.69, 9.17) is 0 Å². The summed E-state index contributed by atoms with van der Waals surface area (Å²) >= 11 is 0. The van der Waals surface area contributed by atoms with E-state index in [1.54, 1.807) is 19.1 Å². The molecule has 1 N–H and O–H groups in total. The molecule has 4 rings (SSSR count). The third kappa shape index (κ3) is 5.61. The molecule has 3 aromatic rings. The smallest absolute Gasteiger partial charge is 0.254 e. The summed E-state index contributed by atoms with van der Waals surface area (Å²) in [6, 6.07) is 15.8. The summed E-state index contributed by atoms with van der Waals surface area (Å²) in [5, 5.41) is 2.82. The topological polar surface area (TPSA) is 75.2 Å². The zero-order valence-corrected chi connectivity index (χ0v) is 18.6. The van der Waals surface area contributed by atoms with Crippen molar-refractivity contribution in [2.24, 2.45) is 0 Å². The second kappa shape index (κ2) is 10.3. The van der Waals surface area contributed by atoms with Crippen LogP contribution in [0, 0.1) is 12.7 Å². The first-order chi connectivity index (χ1) is 16.0. The molecule has 2 aromatic carbocycles. The van der Waals surface area contributed by atoms with Gasteiger partial charge in [0, 0.05) is 25.7 Å². The summed E-state index contributed by atoms with van der Waals surface area (Å²) in [6.07, 6.45) is 4.40. The first-order valence-electron chi connectivity index (χ1n) is 11.2. The standard InChI is InChI=1S/C26H27FN4O2/c1-18-22(26(33)29-16-20-9-12-21(27)13-10-20)17-28-25(30-18)23-8-5-15-31(23)24(32)14-11-19-6-3-2-4-7-19/h2-4,6-7,9-10,12-13,17,23H,5,8,11,14-16H2,1H3,(H,29,33)/t23-/m0/s1. The highest BCUT2D eigenvalue weighted by Crippen LogP contribution is 2.31. The van der Waals surface area contributed by atoms with Crippen LogP contribution < -0.4 is 5.32 Å². The molecule has 2 amide bonds. The summed E-state index contributed by atoms with van der Waals surface area (Å²) in [7, 11) is 0. The van der Waals surface area contributed by atoms with Crippen LogP contribution in [0.5, 0.6) is 0 Å². The van der Waals surface area contributed by atoms with Crippen LogP contribution in [0.2, 0.25) is 0 Å². The van der Waals surface area contributed by atoms with E-state index in [1.807, 2.05) is 35.2 Å². The van der Waals surface area contributed by atoms with E-state index in [2.05, 4.69) is 15.3 Å². The summed E-state index contributed by atoms with van der Waals surface area (Å²) in [6.45, 7) is 2.75. The van der Waals surface area contributed by atoms with Crippen molar-refractivity contribution in [3.8, 4) is 0 Å². The molecular weight excluding hydrogens is 419 g/mol. The number of nitrogens with zero attached hydrogens (tertiary/aromatic N) is 3. The van der Waals surface area contributed by atoms with Gasteiger partial charge in [0.25, 0.3) is 5.91 Å². The summed E-state index contributed by atoms with van der Waals surface area (Å²) in [4.78, 5) is 36.4. The molecule has 7 heteroatoms. The molecule has 0 unspecified atom stereocenters. The predicted molar refractivity (Wildman–Crippen MR) is 123 cm³/mol. The lowest BCUT2D eigenvalue weighted by Gasteiger charge is -2.24. The van der Waals surface area contributed by atoms with Crippen LogP contribution in [0.25, 0.3) is 0 Å². The van der Waals surface area contributed by atoms with Crippen molar-refractivity contribution in [2.45, 2.75) is 45.2 Å². The van der Waals surface area contributed by atoms with Gasteiger partial charge in [0.15, 0.2) is 5.82 Å². The highest BCUT2D eigenvalue weighted by molar-refractivity contribution is 5.94. The molecular formula is C26H27FN4O2. The highest BCUT2D eigenvalue weighted by Gasteiger charge is 2.32. The molecule has 6 nitrogen and oxygen atoms in total. The molecule has 1 atom stereocenters. The zero-order chi connectivity index (χ0) is 23.2. The van der Waals surface area contributed by atoms with Gasteiger partial charge in [0.2, 0.25) is 5.91 Å². The lowest BCUT2D eigenvalue weighted by atomic mass is 10.1. The Morgan fingerprint density at radius 2 is 1.85 bits per heavy atom. The van der Waals surface area contributed by atoms with Gasteiger partial charge >= 0.3 is 0 Å². The second-order valence-electron chi connectivity index (χ2n) is 8.27. The number of aryl methyl sites for hydroxylation is 2. The Hall–Kier alpha value is -3.61. The van der Waals surface area contributed by atoms with Crippen LogP contribution in [0.3, 0.4) is 0 Å². The minimum Gasteiger partial charge on any atom is -0.348 e. The maximum Gasteiger partial charge on any atom is 0.254 e. The van der Waals surface area contributed by atoms with Crippen molar-refractivity contribution in [1.29, 1.82) is 0 Å². The quantitative estimate of drug-likeness (QED) is 0.592. The van der Waals surface area contributed by atoms with Gasteiger partial charge in [-0.15, -0.1) is 0 Å². The monoisotopic (exact) mass is 446 g/mol. The van der Waals surface area contributed by atoms with Crippen molar-refractivity contribution < 1.29 is 14.0 Å². The number of benzene rings is 2. The van der Waals surface area contributed by atoms with E-state index in [-0.39, 0.29) is 30.2 Å². The fourth-order valence-corrected chi connectivity index (χ4v) is 4.12. The molecule has 0 saturated carbocycles. The maximum atomic E-state index is 13.0. The highest BCUT2D eigenvalue weighted by atomic mass is 19.1. The SMILES string of the molecule is Cc1nc([C@@H]2CCCN2C(=O)CCc2ccccc2)ncc1C(=O)NCc1ccc(F)cc1. The Labute approximate surface area is 192 Å². The van der Waals surface area contributed by atoms with Crippen molar-refractivity contribution in [3.63, 3.8) is 0 Å². The molecule has 2 heterocycles. The molecule has 0 spiro atoms. The minimum absolute atomic E-state index is 0.101. The van der Waals surface area contributed by atoms with Crippen molar-refractivity contribution >= 4 is 11.8 Å². The number of amides is 2. The largest absolute Gasteiger partial charge is 0.348 e. The molecule has 0 aliphatic carbocycles. The summed E-state index contributed by atoms with van der Waals surface area (Å²) in [5.41, 5.74) is 2.90. The average molecular weight is 447 g/mol. The van der Waals surface area contributed by atoms with Crippen LogP contribution in [-0.2, 0) is 17.8 Å². The summed E-state index contributed by atoms with van der Waals surface area (Å²) < 4.78 is 13.0. The van der Waals surface area contributed by atoms with Crippen LogP contribution >= 0.6 is 0 Å². The van der Waals surface area contributed by atoms with Crippen LogP contribution in [0.4, 0.5) is 4.39 Å². The van der Waals surface area contributed by atoms with Gasteiger partial charge in [-0.1, -0.05) is 42.5 Å². The third-order valence-electron chi connectivity index (χ3n) is 5.95. The number of aromatic nitrogens is 2. The molecule has 1 aliphatic rings. The lowest BCUT2D eigenvalue weighted by molar-refractivity contribution is -0.132. The number of hydrogen-bond acceptors (Lipinski definition) is 4. The van der Waals surface area contributed by atoms with Gasteiger partial charge in [-0.25, -0.2) is 14.4 Å². The Balaban J connectivity index is 1.39. The molecule has 1 aliphatic heterocycles. The first kappa shape index (κ1) is 22.6. The van der Waals surface area contributed by atoms with Crippen LogP contribution in [0.15, 0.2) is 60.8 Å². The van der Waals surface area contributed by atoms with Gasteiger partial charge in [-0.2, -0.15) is 0 Å². The number of likely N-dealkylation sites (tertiary alicyclic amines) is 1. The first-order valence-corrected chi connectivity index (χ1v) is 11.2. The molecule has 0 bridgehead atoms. The van der Waals surface area contributed by atoms with Crippen LogP contribution in [-0.4, -0.2) is 33.2 Å². The fraction of sp³-hybridized carbons (Fsp3) is 0.308. The number of nitrogens with one attached hydrogen (secondary N) is 1. The Morgan fingerprint density at radius 1 is 1.09 bits per heavy atom. The van der Waals surface area contributed by atoms with E-state index in [0.717, 1.165) is 24.0 Å². The molecule has 1 saturated heterocycles. The Kier molecular flexibility index (Phi) is 7.07. The predicted octanol–water partition coefficient (Wildman–Crippen LogP) is 4.15. The number of rotatable bonds is 7. The Bertz CT molecular complexity index is 1120. The average Bonchev–Trinajstić information content (AvgIpc) is 3.33. The molecule has 1 fully saturated rings.